The second-order valence-electron chi connectivity index (χ2n) is 6.36. The number of hydrogen-bond acceptors (Lipinski definition) is 5. The van der Waals surface area contributed by atoms with Gasteiger partial charge in [0.15, 0.2) is 5.16 Å². The summed E-state index contributed by atoms with van der Waals surface area (Å²) in [7, 11) is 0. The second kappa shape index (κ2) is 8.76. The van der Waals surface area contributed by atoms with Gasteiger partial charge in [0.1, 0.15) is 16.3 Å². The van der Waals surface area contributed by atoms with Crippen molar-refractivity contribution in [1.29, 1.82) is 0 Å². The average Bonchev–Trinajstić information content (AvgIpc) is 3.19. The van der Waals surface area contributed by atoms with E-state index in [1.165, 1.54) is 40.2 Å². The third-order valence-electron chi connectivity index (χ3n) is 4.26. The van der Waals surface area contributed by atoms with E-state index in [4.69, 9.17) is 0 Å². The zero-order valence-electron chi connectivity index (χ0n) is 15.5. The summed E-state index contributed by atoms with van der Waals surface area (Å²) >= 11 is 2.33. The van der Waals surface area contributed by atoms with Crippen molar-refractivity contribution < 1.29 is 13.6 Å². The number of thiophene rings is 1. The Bertz CT molecular complexity index is 1290. The van der Waals surface area contributed by atoms with Crippen LogP contribution in [-0.2, 0) is 11.3 Å². The number of anilines is 1. The Kier molecular flexibility index (Phi) is 5.91. The number of thioether (sulfide) groups is 1. The SMILES string of the molecule is O=C(CSc1nc2ccsc2c(=O)n1Cc1ccccc1F)Nc1cccc(F)c1. The van der Waals surface area contributed by atoms with Gasteiger partial charge in [0.05, 0.1) is 17.8 Å². The van der Waals surface area contributed by atoms with E-state index in [9.17, 15) is 18.4 Å². The first-order valence-corrected chi connectivity index (χ1v) is 10.8. The van der Waals surface area contributed by atoms with E-state index in [1.54, 1.807) is 35.7 Å². The van der Waals surface area contributed by atoms with Gasteiger partial charge >= 0.3 is 0 Å². The van der Waals surface area contributed by atoms with Crippen LogP contribution in [0.4, 0.5) is 14.5 Å². The smallest absolute Gasteiger partial charge is 0.272 e. The molecule has 2 aromatic carbocycles. The highest BCUT2D eigenvalue weighted by Gasteiger charge is 2.16. The van der Waals surface area contributed by atoms with Gasteiger partial charge in [-0.25, -0.2) is 13.8 Å². The van der Waals surface area contributed by atoms with Gasteiger partial charge in [0.25, 0.3) is 5.56 Å². The minimum Gasteiger partial charge on any atom is -0.325 e. The molecule has 0 spiro atoms. The molecule has 0 saturated heterocycles. The third kappa shape index (κ3) is 4.42. The highest BCUT2D eigenvalue weighted by Crippen LogP contribution is 2.22. The number of halogens is 2. The Morgan fingerprint density at radius 2 is 1.97 bits per heavy atom. The predicted molar refractivity (Wildman–Crippen MR) is 115 cm³/mol. The monoisotopic (exact) mass is 443 g/mol. The summed E-state index contributed by atoms with van der Waals surface area (Å²) in [6.07, 6.45) is 0. The fourth-order valence-corrected chi connectivity index (χ4v) is 4.44. The number of rotatable bonds is 6. The van der Waals surface area contributed by atoms with Gasteiger partial charge in [-0.15, -0.1) is 11.3 Å². The number of fused-ring (bicyclic) bond motifs is 1. The molecule has 1 N–H and O–H groups in total. The molecular formula is C21H15F2N3O2S2. The Hall–Kier alpha value is -3.04. The summed E-state index contributed by atoms with van der Waals surface area (Å²) in [6, 6.07) is 13.5. The molecule has 0 unspecified atom stereocenters. The lowest BCUT2D eigenvalue weighted by molar-refractivity contribution is -0.113. The molecule has 0 atom stereocenters. The van der Waals surface area contributed by atoms with Gasteiger partial charge < -0.3 is 5.32 Å². The summed E-state index contributed by atoms with van der Waals surface area (Å²) in [5.74, 6) is -1.29. The van der Waals surface area contributed by atoms with Gasteiger partial charge in [-0.3, -0.25) is 14.2 Å². The lowest BCUT2D eigenvalue weighted by Crippen LogP contribution is -2.24. The van der Waals surface area contributed by atoms with Crippen LogP contribution in [-0.4, -0.2) is 21.2 Å². The molecule has 0 bridgehead atoms. The van der Waals surface area contributed by atoms with Crippen molar-refractivity contribution in [3.8, 4) is 0 Å². The van der Waals surface area contributed by atoms with Crippen molar-refractivity contribution in [2.24, 2.45) is 0 Å². The Morgan fingerprint density at radius 3 is 2.77 bits per heavy atom. The molecule has 0 radical (unpaired) electrons. The summed E-state index contributed by atoms with van der Waals surface area (Å²) < 4.78 is 29.3. The third-order valence-corrected chi connectivity index (χ3v) is 6.13. The minimum atomic E-state index is -0.455. The van der Waals surface area contributed by atoms with Crippen LogP contribution in [0.5, 0.6) is 0 Å². The fraction of sp³-hybridized carbons (Fsp3) is 0.0952. The normalized spacial score (nSPS) is 11.0. The number of benzene rings is 2. The van der Waals surface area contributed by atoms with Crippen LogP contribution in [0, 0.1) is 11.6 Å². The zero-order valence-corrected chi connectivity index (χ0v) is 17.1. The van der Waals surface area contributed by atoms with E-state index in [0.717, 1.165) is 11.8 Å². The van der Waals surface area contributed by atoms with Crippen LogP contribution in [0.3, 0.4) is 0 Å². The second-order valence-corrected chi connectivity index (χ2v) is 8.22. The predicted octanol–water partition coefficient (Wildman–Crippen LogP) is 4.52. The van der Waals surface area contributed by atoms with Crippen LogP contribution in [0.25, 0.3) is 10.2 Å². The van der Waals surface area contributed by atoms with Crippen molar-refractivity contribution in [2.75, 3.05) is 11.1 Å². The molecule has 9 heteroatoms. The molecule has 2 aromatic heterocycles. The van der Waals surface area contributed by atoms with Crippen LogP contribution in [0.1, 0.15) is 5.56 Å². The highest BCUT2D eigenvalue weighted by atomic mass is 32.2. The van der Waals surface area contributed by atoms with E-state index in [1.807, 2.05) is 0 Å². The van der Waals surface area contributed by atoms with Crippen LogP contribution in [0.15, 0.2) is 69.9 Å². The Morgan fingerprint density at radius 1 is 1.13 bits per heavy atom. The van der Waals surface area contributed by atoms with Crippen LogP contribution in [0.2, 0.25) is 0 Å². The van der Waals surface area contributed by atoms with Gasteiger partial charge in [0, 0.05) is 11.3 Å². The van der Waals surface area contributed by atoms with E-state index in [0.29, 0.717) is 26.6 Å². The van der Waals surface area contributed by atoms with Crippen LogP contribution >= 0.6 is 23.1 Å². The van der Waals surface area contributed by atoms with Crippen molar-refractivity contribution in [1.82, 2.24) is 9.55 Å². The Balaban J connectivity index is 1.60. The van der Waals surface area contributed by atoms with Gasteiger partial charge in [0.2, 0.25) is 5.91 Å². The van der Waals surface area contributed by atoms with Crippen LogP contribution < -0.4 is 10.9 Å². The first-order valence-electron chi connectivity index (χ1n) is 8.91. The van der Waals surface area contributed by atoms with Crippen molar-refractivity contribution in [3.05, 3.63) is 87.5 Å². The van der Waals surface area contributed by atoms with Gasteiger partial charge in [-0.2, -0.15) is 0 Å². The van der Waals surface area contributed by atoms with E-state index in [2.05, 4.69) is 10.3 Å². The molecule has 4 rings (SSSR count). The molecule has 0 fully saturated rings. The number of carbonyl (C=O) groups is 1. The number of aromatic nitrogens is 2. The number of nitrogens with zero attached hydrogens (tertiary/aromatic N) is 2. The summed E-state index contributed by atoms with van der Waals surface area (Å²) in [5.41, 5.74) is 0.933. The molecule has 2 heterocycles. The largest absolute Gasteiger partial charge is 0.325 e. The van der Waals surface area contributed by atoms with Crippen molar-refractivity contribution >= 4 is 44.9 Å². The number of hydrogen-bond donors (Lipinski definition) is 1. The molecule has 4 aromatic rings. The van der Waals surface area contributed by atoms with E-state index < -0.39 is 11.6 Å². The minimum absolute atomic E-state index is 0.000194. The first-order chi connectivity index (χ1) is 14.5. The molecule has 0 aliphatic heterocycles. The van der Waals surface area contributed by atoms with Crippen molar-refractivity contribution in [3.63, 3.8) is 0 Å². The lowest BCUT2D eigenvalue weighted by atomic mass is 10.2. The quantitative estimate of drug-likeness (QED) is 0.352. The molecule has 1 amide bonds. The first kappa shape index (κ1) is 20.2. The molecule has 152 valence electrons. The molecule has 0 aliphatic carbocycles. The average molecular weight is 444 g/mol. The fourth-order valence-electron chi connectivity index (χ4n) is 2.86. The summed E-state index contributed by atoms with van der Waals surface area (Å²) in [6.45, 7) is 0.000194. The van der Waals surface area contributed by atoms with Crippen molar-refractivity contribution in [2.45, 2.75) is 11.7 Å². The molecular weight excluding hydrogens is 428 g/mol. The topological polar surface area (TPSA) is 64.0 Å². The highest BCUT2D eigenvalue weighted by molar-refractivity contribution is 7.99. The van der Waals surface area contributed by atoms with Gasteiger partial charge in [-0.1, -0.05) is 36.0 Å². The molecule has 5 nitrogen and oxygen atoms in total. The number of carbonyl (C=O) groups excluding carboxylic acids is 1. The maximum Gasteiger partial charge on any atom is 0.272 e. The van der Waals surface area contributed by atoms with E-state index >= 15 is 0 Å². The molecule has 0 saturated carbocycles. The lowest BCUT2D eigenvalue weighted by Gasteiger charge is -2.12. The maximum absolute atomic E-state index is 14.1. The van der Waals surface area contributed by atoms with Gasteiger partial charge in [-0.05, 0) is 35.7 Å². The molecule has 30 heavy (non-hydrogen) atoms. The molecule has 0 aliphatic rings. The standard InChI is InChI=1S/C21H15F2N3O2S2/c22-14-5-3-6-15(10-14)24-18(27)12-30-21-25-17-8-9-29-19(17)20(28)26(21)11-13-4-1-2-7-16(13)23/h1-10H,11-12H2,(H,24,27). The summed E-state index contributed by atoms with van der Waals surface area (Å²) in [4.78, 5) is 29.7. The zero-order chi connectivity index (χ0) is 21.1. The number of amides is 1. The Labute approximate surface area is 178 Å². The van der Waals surface area contributed by atoms with E-state index in [-0.39, 0.29) is 23.8 Å². The maximum atomic E-state index is 14.1. The number of nitrogens with one attached hydrogen (secondary N) is 1. The summed E-state index contributed by atoms with van der Waals surface area (Å²) in [5, 5.41) is 4.68.